The summed E-state index contributed by atoms with van der Waals surface area (Å²) in [7, 11) is -9.79. The molecule has 0 saturated carbocycles. The van der Waals surface area contributed by atoms with Gasteiger partial charge >= 0.3 is 33.6 Å². The monoisotopic (exact) mass is 1400 g/mol. The Morgan fingerprint density at radius 2 is 0.546 bits per heavy atom. The number of unbranched alkanes of at least 4 members (excludes halogenated alkanes) is 28. The van der Waals surface area contributed by atoms with Gasteiger partial charge in [-0.05, 0) is 128 Å². The molecule has 0 aromatic rings. The van der Waals surface area contributed by atoms with Crippen LogP contribution in [-0.4, -0.2) is 95.9 Å². The number of hydrogen-bond acceptors (Lipinski definition) is 14. The highest BCUT2D eigenvalue weighted by atomic mass is 31.2. The Morgan fingerprint density at radius 3 is 0.866 bits per heavy atom. The molecule has 0 aromatic heterocycles. The zero-order chi connectivity index (χ0) is 70.9. The highest BCUT2D eigenvalue weighted by Gasteiger charge is 2.29. The number of phosphoric acid groups is 2. The molecular formula is C79H136O16P2. The van der Waals surface area contributed by atoms with E-state index < -0.39 is 91.5 Å². The van der Waals surface area contributed by atoms with Crippen LogP contribution in [0.25, 0.3) is 0 Å². The van der Waals surface area contributed by atoms with Gasteiger partial charge in [-0.3, -0.25) is 32.5 Å². The van der Waals surface area contributed by atoms with E-state index in [1.807, 2.05) is 0 Å². The van der Waals surface area contributed by atoms with Crippen LogP contribution >= 0.6 is 15.6 Å². The van der Waals surface area contributed by atoms with Crippen molar-refractivity contribution in [1.82, 2.24) is 0 Å². The lowest BCUT2D eigenvalue weighted by Gasteiger charge is -2.21. The van der Waals surface area contributed by atoms with Gasteiger partial charge in [-0.25, -0.2) is 9.13 Å². The van der Waals surface area contributed by atoms with E-state index in [0.717, 1.165) is 148 Å². The number of esters is 3. The molecule has 0 aliphatic rings. The molecule has 5 unspecified atom stereocenters. The largest absolute Gasteiger partial charge is 0.472 e. The summed E-state index contributed by atoms with van der Waals surface area (Å²) in [5.74, 6) is -1.61. The van der Waals surface area contributed by atoms with Crippen LogP contribution < -0.4 is 0 Å². The van der Waals surface area contributed by atoms with Crippen LogP contribution in [0.4, 0.5) is 0 Å². The zero-order valence-corrected chi connectivity index (χ0v) is 62.5. The first-order chi connectivity index (χ1) is 47.2. The first-order valence-corrected chi connectivity index (χ1v) is 40.8. The molecule has 0 aromatic carbocycles. The van der Waals surface area contributed by atoms with Crippen molar-refractivity contribution in [3.05, 3.63) is 122 Å². The first-order valence-electron chi connectivity index (χ1n) is 37.8. The maximum absolute atomic E-state index is 12.9. The number of carbonyl (C=O) groups excluding carboxylic acids is 3. The predicted octanol–water partition coefficient (Wildman–Crippen LogP) is 21.8. The number of aliphatic hydroxyl groups is 2. The van der Waals surface area contributed by atoms with Gasteiger partial charge in [-0.1, -0.05) is 277 Å². The van der Waals surface area contributed by atoms with E-state index in [1.54, 1.807) is 0 Å². The summed E-state index contributed by atoms with van der Waals surface area (Å²) < 4.78 is 61.0. The van der Waals surface area contributed by atoms with Crippen LogP contribution in [0.15, 0.2) is 122 Å². The smallest absolute Gasteiger partial charge is 0.463 e. The van der Waals surface area contributed by atoms with Crippen molar-refractivity contribution in [3.8, 4) is 0 Å². The fourth-order valence-corrected chi connectivity index (χ4v) is 11.5. The third kappa shape index (κ3) is 73.0. The molecule has 16 nitrogen and oxygen atoms in total. The van der Waals surface area contributed by atoms with Gasteiger partial charge in [0.15, 0.2) is 6.10 Å². The van der Waals surface area contributed by atoms with Crippen molar-refractivity contribution >= 4 is 33.6 Å². The normalized spacial score (nSPS) is 14.8. The van der Waals surface area contributed by atoms with Crippen molar-refractivity contribution in [2.24, 2.45) is 0 Å². The summed E-state index contributed by atoms with van der Waals surface area (Å²) in [6, 6.07) is 0. The Balaban J connectivity index is 4.44. The Kier molecular flexibility index (Phi) is 68.8. The van der Waals surface area contributed by atoms with Crippen LogP contribution in [0, 0.1) is 0 Å². The fourth-order valence-electron chi connectivity index (χ4n) is 9.94. The zero-order valence-electron chi connectivity index (χ0n) is 60.7. The number of carbonyl (C=O) groups is 3. The third-order valence-corrected chi connectivity index (χ3v) is 17.6. The van der Waals surface area contributed by atoms with Crippen LogP contribution in [0.2, 0.25) is 0 Å². The van der Waals surface area contributed by atoms with Gasteiger partial charge in [0.2, 0.25) is 0 Å². The van der Waals surface area contributed by atoms with Gasteiger partial charge < -0.3 is 34.2 Å². The first kappa shape index (κ1) is 93.0. The number of rotatable bonds is 71. The average Bonchev–Trinajstić information content (AvgIpc) is 1.84. The van der Waals surface area contributed by atoms with Crippen molar-refractivity contribution in [3.63, 3.8) is 0 Å². The van der Waals surface area contributed by atoms with E-state index in [9.17, 15) is 43.5 Å². The number of ether oxygens (including phenoxy) is 3. The standard InChI is InChI=1S/C79H136O16P2/c1-4-7-10-13-16-19-22-25-28-29-30-31-32-33-34-35-36-37-38-39-40-41-42-43-46-48-50-53-56-59-62-65-77(82)89-68-74(80)69-91-96(85,86)92-70-75(81)71-93-97(87,88)94-73-76(95-79(84)67-64-61-58-55-52-49-45-27-24-21-18-15-12-9-6-3)72-90-78(83)66-63-60-57-54-51-47-44-26-23-20-17-14-11-8-5-2/h7-8,10-11,16-21,25-28,30-31,33-34,44-45,74-76,80-81H,4-6,9,12-15,22-24,29,32,35-43,46-73H2,1-3H3,(H,85,86)(H,87,88)/b10-7-,11-8-,19-16-,20-17-,21-18-,28-25-,31-30-,34-33-,44-26-,45-27-. The van der Waals surface area contributed by atoms with Gasteiger partial charge in [0.05, 0.1) is 26.4 Å². The summed E-state index contributed by atoms with van der Waals surface area (Å²) in [5.41, 5.74) is 0. The van der Waals surface area contributed by atoms with E-state index in [0.29, 0.717) is 19.3 Å². The topological polar surface area (TPSA) is 231 Å². The molecule has 0 rings (SSSR count). The molecular weight excluding hydrogens is 1270 g/mol. The minimum Gasteiger partial charge on any atom is -0.463 e. The SMILES string of the molecule is CC/C=C\C/C=C\C/C=C\C/C=C\C/C=C\CCCCCCCCCCCCCCCCCC(=O)OCC(O)COP(=O)(O)OCC(O)COP(=O)(O)OCC(COC(=O)CCCCCCC/C=C\C/C=C\C/C=C\CC)OC(=O)CCCCCCC/C=C\C/C=C\CCCCC. The summed E-state index contributed by atoms with van der Waals surface area (Å²) in [6.07, 6.45) is 84.1. The second kappa shape index (κ2) is 71.8. The number of hydrogen-bond donors (Lipinski definition) is 4. The minimum atomic E-state index is -4.93. The van der Waals surface area contributed by atoms with Gasteiger partial charge in [0, 0.05) is 19.3 Å². The van der Waals surface area contributed by atoms with Gasteiger partial charge in [0.25, 0.3) is 0 Å². The maximum atomic E-state index is 12.9. The van der Waals surface area contributed by atoms with Crippen molar-refractivity contribution in [2.45, 2.75) is 322 Å². The van der Waals surface area contributed by atoms with Crippen LogP contribution in [-0.2, 0) is 55.8 Å². The molecule has 18 heteroatoms. The molecule has 0 heterocycles. The second-order valence-electron chi connectivity index (χ2n) is 25.0. The summed E-state index contributed by atoms with van der Waals surface area (Å²) in [4.78, 5) is 58.5. The quantitative estimate of drug-likeness (QED) is 0.0146. The minimum absolute atomic E-state index is 0.0834. The Labute approximate surface area is 589 Å². The van der Waals surface area contributed by atoms with Crippen LogP contribution in [0.1, 0.15) is 303 Å². The molecule has 4 N–H and O–H groups in total. The molecule has 0 aliphatic carbocycles. The summed E-state index contributed by atoms with van der Waals surface area (Å²) >= 11 is 0. The second-order valence-corrected chi connectivity index (χ2v) is 27.9. The molecule has 0 amide bonds. The molecule has 97 heavy (non-hydrogen) atoms. The lowest BCUT2D eigenvalue weighted by molar-refractivity contribution is -0.161. The summed E-state index contributed by atoms with van der Waals surface area (Å²) in [5, 5.41) is 20.6. The molecule has 0 aliphatic heterocycles. The fraction of sp³-hybridized carbons (Fsp3) is 0.709. The summed E-state index contributed by atoms with van der Waals surface area (Å²) in [6.45, 7) is 2.39. The van der Waals surface area contributed by atoms with Gasteiger partial charge in [0.1, 0.15) is 25.4 Å². The number of allylic oxidation sites excluding steroid dienone is 20. The van der Waals surface area contributed by atoms with Crippen LogP contribution in [0.5, 0.6) is 0 Å². The van der Waals surface area contributed by atoms with Crippen molar-refractivity contribution in [2.75, 3.05) is 39.6 Å². The molecule has 0 spiro atoms. The molecule has 0 bridgehead atoms. The molecule has 0 fully saturated rings. The third-order valence-electron chi connectivity index (χ3n) is 15.7. The lowest BCUT2D eigenvalue weighted by Crippen LogP contribution is -2.30. The average molecular weight is 1400 g/mol. The van der Waals surface area contributed by atoms with Gasteiger partial charge in [-0.15, -0.1) is 0 Å². The van der Waals surface area contributed by atoms with E-state index in [-0.39, 0.29) is 19.3 Å². The molecule has 5 atom stereocenters. The highest BCUT2D eigenvalue weighted by Crippen LogP contribution is 2.45. The van der Waals surface area contributed by atoms with Crippen molar-refractivity contribution in [1.29, 1.82) is 0 Å². The molecule has 0 saturated heterocycles. The maximum Gasteiger partial charge on any atom is 0.472 e. The lowest BCUT2D eigenvalue weighted by atomic mass is 10.0. The van der Waals surface area contributed by atoms with Crippen molar-refractivity contribution < 1.29 is 75.8 Å². The van der Waals surface area contributed by atoms with Gasteiger partial charge in [-0.2, -0.15) is 0 Å². The Hall–Kier alpha value is -4.05. The molecule has 0 radical (unpaired) electrons. The van der Waals surface area contributed by atoms with E-state index >= 15 is 0 Å². The Bertz CT molecular complexity index is 2250. The highest BCUT2D eigenvalue weighted by molar-refractivity contribution is 7.47. The predicted molar refractivity (Wildman–Crippen MR) is 399 cm³/mol. The Morgan fingerprint density at radius 1 is 0.299 bits per heavy atom. The number of aliphatic hydroxyl groups excluding tert-OH is 2. The van der Waals surface area contributed by atoms with Crippen LogP contribution in [0.3, 0.4) is 0 Å². The van der Waals surface area contributed by atoms with E-state index in [2.05, 4.69) is 142 Å². The van der Waals surface area contributed by atoms with E-state index in [1.165, 1.54) is 96.3 Å². The molecule has 558 valence electrons. The van der Waals surface area contributed by atoms with E-state index in [4.69, 9.17) is 32.3 Å². The number of phosphoric ester groups is 2.